The van der Waals surface area contributed by atoms with Gasteiger partial charge in [0.2, 0.25) is 5.88 Å². The van der Waals surface area contributed by atoms with E-state index in [9.17, 15) is 46.6 Å². The standard InChI is InChI=1S/C13H9F3N2O4.C8H7F3O2.C5H3ClN2O2/c1-8-2-4-10(6-11(8)22-13(14,15)16)21-12-5-3-9(7-17-12)18(19)20;1-5-2-3-6(12)4-7(5)13-8(9,10)11;6-5-2-1-4(3-7-5)8(9)10/h2-7H,1H3;2-4,12H,1H3;1-3H. The van der Waals surface area contributed by atoms with Crippen molar-refractivity contribution in [2.75, 3.05) is 0 Å². The first-order chi connectivity index (χ1) is 20.8. The molecule has 12 nitrogen and oxygen atoms in total. The fraction of sp³-hybridized carbons (Fsp3) is 0.154. The molecule has 0 fully saturated rings. The van der Waals surface area contributed by atoms with Crippen molar-refractivity contribution in [1.82, 2.24) is 9.97 Å². The Morgan fingerprint density at radius 2 is 1.22 bits per heavy atom. The lowest BCUT2D eigenvalue weighted by molar-refractivity contribution is -0.385. The normalized spacial score (nSPS) is 10.8. The Morgan fingerprint density at radius 1 is 0.733 bits per heavy atom. The molecule has 45 heavy (non-hydrogen) atoms. The molecule has 0 spiro atoms. The van der Waals surface area contributed by atoms with Crippen LogP contribution in [0, 0.1) is 34.1 Å². The van der Waals surface area contributed by atoms with Crippen molar-refractivity contribution >= 4 is 23.0 Å². The lowest BCUT2D eigenvalue weighted by atomic mass is 10.2. The maximum atomic E-state index is 12.3. The monoisotopic (exact) mass is 664 g/mol. The fourth-order valence-electron chi connectivity index (χ4n) is 2.84. The molecule has 0 amide bonds. The molecule has 240 valence electrons. The number of alkyl halides is 6. The third-order valence-electron chi connectivity index (χ3n) is 4.86. The maximum Gasteiger partial charge on any atom is 0.573 e. The molecule has 0 saturated carbocycles. The minimum absolute atomic E-state index is 0.00686. The number of nitro groups is 2. The lowest BCUT2D eigenvalue weighted by Crippen LogP contribution is -2.17. The van der Waals surface area contributed by atoms with Crippen molar-refractivity contribution in [1.29, 1.82) is 0 Å². The zero-order valence-electron chi connectivity index (χ0n) is 22.7. The topological polar surface area (TPSA) is 160 Å². The second-order valence-electron chi connectivity index (χ2n) is 8.28. The Bertz CT molecular complexity index is 1610. The van der Waals surface area contributed by atoms with Crippen molar-refractivity contribution < 1.29 is 55.5 Å². The van der Waals surface area contributed by atoms with Crippen LogP contribution in [-0.4, -0.2) is 37.6 Å². The molecule has 4 aromatic rings. The summed E-state index contributed by atoms with van der Waals surface area (Å²) < 4.78 is 84.8. The average Bonchev–Trinajstić information content (AvgIpc) is 2.92. The van der Waals surface area contributed by atoms with Crippen LogP contribution in [0.2, 0.25) is 5.15 Å². The summed E-state index contributed by atoms with van der Waals surface area (Å²) in [5, 5.41) is 29.7. The number of phenolic OH excluding ortho intramolecular Hbond substituents is 1. The van der Waals surface area contributed by atoms with Crippen LogP contribution < -0.4 is 14.2 Å². The number of phenols is 1. The number of benzene rings is 2. The van der Waals surface area contributed by atoms with Crippen LogP contribution >= 0.6 is 11.6 Å². The Kier molecular flexibility index (Phi) is 12.2. The number of pyridine rings is 2. The van der Waals surface area contributed by atoms with E-state index >= 15 is 0 Å². The van der Waals surface area contributed by atoms with E-state index in [0.717, 1.165) is 24.5 Å². The van der Waals surface area contributed by atoms with Gasteiger partial charge in [0, 0.05) is 30.3 Å². The SMILES string of the molecule is Cc1ccc(O)cc1OC(F)(F)F.Cc1ccc(Oc2ccc([N+](=O)[O-])cn2)cc1OC(F)(F)F.O=[N+]([O-])c1ccc(Cl)nc1. The first kappa shape index (κ1) is 35.8. The number of rotatable bonds is 6. The molecule has 0 aliphatic carbocycles. The third kappa shape index (κ3) is 13.2. The van der Waals surface area contributed by atoms with Crippen molar-refractivity contribution in [3.8, 4) is 28.9 Å². The third-order valence-corrected chi connectivity index (χ3v) is 5.08. The number of halogens is 7. The van der Waals surface area contributed by atoms with Gasteiger partial charge in [-0.25, -0.2) is 9.97 Å². The van der Waals surface area contributed by atoms with Crippen LogP contribution in [0.1, 0.15) is 11.1 Å². The highest BCUT2D eigenvalue weighted by Crippen LogP contribution is 2.32. The first-order valence-corrected chi connectivity index (χ1v) is 12.2. The zero-order valence-corrected chi connectivity index (χ0v) is 23.4. The molecular weight excluding hydrogens is 646 g/mol. The summed E-state index contributed by atoms with van der Waals surface area (Å²) in [4.78, 5) is 26.6. The fourth-order valence-corrected chi connectivity index (χ4v) is 2.95. The van der Waals surface area contributed by atoms with Gasteiger partial charge < -0.3 is 19.3 Å². The van der Waals surface area contributed by atoms with Crippen molar-refractivity contribution in [2.24, 2.45) is 0 Å². The zero-order chi connectivity index (χ0) is 33.9. The van der Waals surface area contributed by atoms with E-state index < -0.39 is 28.3 Å². The van der Waals surface area contributed by atoms with Gasteiger partial charge in [-0.1, -0.05) is 23.7 Å². The Labute approximate surface area is 253 Å². The van der Waals surface area contributed by atoms with E-state index in [4.69, 9.17) is 21.4 Å². The van der Waals surface area contributed by atoms with Crippen LogP contribution in [0.3, 0.4) is 0 Å². The summed E-state index contributed by atoms with van der Waals surface area (Å²) in [5.41, 5.74) is 0.318. The number of ether oxygens (including phenoxy) is 3. The van der Waals surface area contributed by atoms with E-state index in [2.05, 4.69) is 19.4 Å². The van der Waals surface area contributed by atoms with Crippen molar-refractivity contribution in [2.45, 2.75) is 26.6 Å². The van der Waals surface area contributed by atoms with E-state index in [0.29, 0.717) is 5.56 Å². The van der Waals surface area contributed by atoms with Crippen LogP contribution in [0.15, 0.2) is 73.1 Å². The summed E-state index contributed by atoms with van der Waals surface area (Å²) in [6.07, 6.45) is -7.44. The molecule has 2 aromatic heterocycles. The van der Waals surface area contributed by atoms with E-state index in [1.165, 1.54) is 62.4 Å². The van der Waals surface area contributed by atoms with Gasteiger partial charge in [-0.2, -0.15) is 0 Å². The van der Waals surface area contributed by atoms with E-state index in [-0.39, 0.29) is 45.2 Å². The lowest BCUT2D eigenvalue weighted by Gasteiger charge is -2.12. The van der Waals surface area contributed by atoms with Crippen molar-refractivity contribution in [3.63, 3.8) is 0 Å². The molecule has 2 aromatic carbocycles. The maximum absolute atomic E-state index is 12.3. The smallest absolute Gasteiger partial charge is 0.508 e. The van der Waals surface area contributed by atoms with Gasteiger partial charge in [-0.05, 0) is 43.2 Å². The molecule has 4 rings (SSSR count). The molecule has 2 heterocycles. The molecule has 0 saturated heterocycles. The minimum Gasteiger partial charge on any atom is -0.508 e. The summed E-state index contributed by atoms with van der Waals surface area (Å²) in [5.74, 6) is -0.970. The second-order valence-corrected chi connectivity index (χ2v) is 8.67. The number of nitrogens with zero attached hydrogens (tertiary/aromatic N) is 4. The molecule has 0 radical (unpaired) electrons. The highest BCUT2D eigenvalue weighted by molar-refractivity contribution is 6.29. The van der Waals surface area contributed by atoms with Gasteiger partial charge in [0.05, 0.1) is 9.85 Å². The number of hydrogen-bond donors (Lipinski definition) is 1. The predicted molar refractivity (Wildman–Crippen MR) is 144 cm³/mol. The second kappa shape index (κ2) is 15.4. The summed E-state index contributed by atoms with van der Waals surface area (Å²) >= 11 is 5.38. The van der Waals surface area contributed by atoms with Gasteiger partial charge in [-0.3, -0.25) is 20.2 Å². The number of aromatic nitrogens is 2. The van der Waals surface area contributed by atoms with Crippen LogP contribution in [-0.2, 0) is 0 Å². The number of hydrogen-bond acceptors (Lipinski definition) is 10. The Balaban J connectivity index is 0.000000259. The van der Waals surface area contributed by atoms with Gasteiger partial charge in [-0.15, -0.1) is 26.3 Å². The highest BCUT2D eigenvalue weighted by Gasteiger charge is 2.32. The molecule has 0 bridgehead atoms. The molecule has 0 atom stereocenters. The van der Waals surface area contributed by atoms with Gasteiger partial charge in [0.25, 0.3) is 11.4 Å². The van der Waals surface area contributed by atoms with Gasteiger partial charge in [0.1, 0.15) is 40.5 Å². The Morgan fingerprint density at radius 3 is 1.67 bits per heavy atom. The summed E-state index contributed by atoms with van der Waals surface area (Å²) in [6, 6.07) is 12.5. The summed E-state index contributed by atoms with van der Waals surface area (Å²) in [6.45, 7) is 2.91. The van der Waals surface area contributed by atoms with E-state index in [1.807, 2.05) is 0 Å². The number of aryl methyl sites for hydroxylation is 2. The summed E-state index contributed by atoms with van der Waals surface area (Å²) in [7, 11) is 0. The van der Waals surface area contributed by atoms with Crippen molar-refractivity contribution in [3.05, 3.63) is 110 Å². The van der Waals surface area contributed by atoms with Crippen LogP contribution in [0.4, 0.5) is 37.7 Å². The molecule has 1 N–H and O–H groups in total. The van der Waals surface area contributed by atoms with Crippen LogP contribution in [0.5, 0.6) is 28.9 Å². The van der Waals surface area contributed by atoms with Crippen LogP contribution in [0.25, 0.3) is 0 Å². The minimum atomic E-state index is -4.81. The van der Waals surface area contributed by atoms with Gasteiger partial charge >= 0.3 is 12.7 Å². The van der Waals surface area contributed by atoms with Gasteiger partial charge in [0.15, 0.2) is 0 Å². The predicted octanol–water partition coefficient (Wildman–Crippen LogP) is 8.23. The molecule has 0 aliphatic heterocycles. The molecule has 0 unspecified atom stereocenters. The largest absolute Gasteiger partial charge is 0.573 e. The number of aromatic hydroxyl groups is 1. The van der Waals surface area contributed by atoms with E-state index in [1.54, 1.807) is 0 Å². The highest BCUT2D eigenvalue weighted by atomic mass is 35.5. The molecule has 19 heteroatoms. The average molecular weight is 665 g/mol. The Hall–Kier alpha value is -5.39. The molecular formula is C26H19ClF6N4O8. The quantitative estimate of drug-likeness (QED) is 0.0920. The first-order valence-electron chi connectivity index (χ1n) is 11.8. The molecule has 0 aliphatic rings.